The van der Waals surface area contributed by atoms with Crippen LogP contribution >= 0.6 is 0 Å². The highest BCUT2D eigenvalue weighted by Crippen LogP contribution is 2.32. The van der Waals surface area contributed by atoms with Gasteiger partial charge in [-0.3, -0.25) is 4.79 Å². The summed E-state index contributed by atoms with van der Waals surface area (Å²) >= 11 is 0. The number of piperidine rings is 1. The van der Waals surface area contributed by atoms with Crippen LogP contribution < -0.4 is 10.5 Å². The molecule has 0 spiro atoms. The highest BCUT2D eigenvalue weighted by Gasteiger charge is 2.32. The number of rotatable bonds is 8. The van der Waals surface area contributed by atoms with Gasteiger partial charge >= 0.3 is 0 Å². The van der Waals surface area contributed by atoms with Crippen LogP contribution in [0.3, 0.4) is 0 Å². The Morgan fingerprint density at radius 3 is 2.74 bits per heavy atom. The van der Waals surface area contributed by atoms with E-state index in [2.05, 4.69) is 11.8 Å². The summed E-state index contributed by atoms with van der Waals surface area (Å²) in [5.41, 5.74) is 5.79. The molecule has 5 nitrogen and oxygen atoms in total. The molecule has 1 aromatic carbocycles. The first-order valence-corrected chi connectivity index (χ1v) is 8.44. The van der Waals surface area contributed by atoms with Gasteiger partial charge in [0.1, 0.15) is 5.75 Å². The minimum Gasteiger partial charge on any atom is -0.494 e. The van der Waals surface area contributed by atoms with Crippen LogP contribution in [0.4, 0.5) is 0 Å². The maximum atomic E-state index is 11.0. The van der Waals surface area contributed by atoms with Crippen LogP contribution in [0.15, 0.2) is 24.3 Å². The zero-order valence-corrected chi connectivity index (χ0v) is 14.0. The van der Waals surface area contributed by atoms with E-state index >= 15 is 0 Å². The number of carbonyl (C=O) groups excluding carboxylic acids is 1. The number of nitrogens with zero attached hydrogens (tertiary/aromatic N) is 1. The smallest absolute Gasteiger partial charge is 0.248 e. The third-order valence-corrected chi connectivity index (χ3v) is 4.85. The molecule has 1 aliphatic rings. The van der Waals surface area contributed by atoms with E-state index in [9.17, 15) is 9.90 Å². The monoisotopic (exact) mass is 320 g/mol. The van der Waals surface area contributed by atoms with Gasteiger partial charge in [0.15, 0.2) is 0 Å². The molecule has 23 heavy (non-hydrogen) atoms. The van der Waals surface area contributed by atoms with Crippen LogP contribution in [0.25, 0.3) is 0 Å². The first-order valence-electron chi connectivity index (χ1n) is 8.44. The summed E-state index contributed by atoms with van der Waals surface area (Å²) in [5.74, 6) is 0.330. The molecule has 0 aromatic heterocycles. The maximum absolute atomic E-state index is 11.0. The molecule has 1 unspecified atom stereocenters. The van der Waals surface area contributed by atoms with Crippen molar-refractivity contribution in [2.45, 2.75) is 32.6 Å². The van der Waals surface area contributed by atoms with Gasteiger partial charge in [0.25, 0.3) is 0 Å². The Hall–Kier alpha value is -1.59. The third-order valence-electron chi connectivity index (χ3n) is 4.85. The molecule has 1 amide bonds. The standard InChI is InChI=1S/C18H28N2O3/c1-2-18(14-21)9-3-10-20(13-18)11-4-12-23-16-7-5-15(6-8-16)17(19)22/h5-8,21H,2-4,9-14H2,1H3,(H2,19,22). The summed E-state index contributed by atoms with van der Waals surface area (Å²) in [6.07, 6.45) is 4.26. The van der Waals surface area contributed by atoms with E-state index in [0.29, 0.717) is 12.2 Å². The second kappa shape index (κ2) is 8.31. The molecule has 3 N–H and O–H groups in total. The molecule has 0 bridgehead atoms. The lowest BCUT2D eigenvalue weighted by atomic mass is 9.78. The van der Waals surface area contributed by atoms with Crippen LogP contribution in [0.2, 0.25) is 0 Å². The molecule has 2 rings (SSSR count). The van der Waals surface area contributed by atoms with Gasteiger partial charge in [0.2, 0.25) is 5.91 Å². The van der Waals surface area contributed by atoms with Crippen molar-refractivity contribution in [2.24, 2.45) is 11.1 Å². The summed E-state index contributed by atoms with van der Waals surface area (Å²) in [4.78, 5) is 13.4. The molecule has 5 heteroatoms. The Labute approximate surface area is 138 Å². The van der Waals surface area contributed by atoms with Gasteiger partial charge in [0.05, 0.1) is 6.61 Å². The summed E-state index contributed by atoms with van der Waals surface area (Å²) in [6, 6.07) is 6.90. The van der Waals surface area contributed by atoms with E-state index in [0.717, 1.165) is 51.1 Å². The zero-order chi connectivity index (χ0) is 16.7. The van der Waals surface area contributed by atoms with Gasteiger partial charge in [-0.2, -0.15) is 0 Å². The first-order chi connectivity index (χ1) is 11.1. The van der Waals surface area contributed by atoms with Crippen molar-refractivity contribution in [3.05, 3.63) is 29.8 Å². The number of benzene rings is 1. The first kappa shape index (κ1) is 17.8. The number of primary amides is 1. The molecule has 1 aromatic rings. The van der Waals surface area contributed by atoms with Crippen LogP contribution in [0.1, 0.15) is 43.0 Å². The lowest BCUT2D eigenvalue weighted by molar-refractivity contribution is 0.0274. The van der Waals surface area contributed by atoms with E-state index in [1.165, 1.54) is 0 Å². The number of ether oxygens (including phenoxy) is 1. The van der Waals surface area contributed by atoms with Crippen LogP contribution in [0.5, 0.6) is 5.75 Å². The molecule has 128 valence electrons. The third kappa shape index (κ3) is 4.94. The number of hydrogen-bond acceptors (Lipinski definition) is 4. The number of amides is 1. The zero-order valence-electron chi connectivity index (χ0n) is 14.0. The number of carbonyl (C=O) groups is 1. The highest BCUT2D eigenvalue weighted by atomic mass is 16.5. The van der Waals surface area contributed by atoms with E-state index in [1.54, 1.807) is 24.3 Å². The molecule has 1 heterocycles. The number of hydrogen-bond donors (Lipinski definition) is 2. The molecule has 1 atom stereocenters. The topological polar surface area (TPSA) is 75.8 Å². The average molecular weight is 320 g/mol. The second-order valence-electron chi connectivity index (χ2n) is 6.48. The number of nitrogens with two attached hydrogens (primary N) is 1. The van der Waals surface area contributed by atoms with Crippen molar-refractivity contribution in [3.63, 3.8) is 0 Å². The Kier molecular flexibility index (Phi) is 6.42. The van der Waals surface area contributed by atoms with Gasteiger partial charge in [0, 0.05) is 30.7 Å². The van der Waals surface area contributed by atoms with Crippen molar-refractivity contribution in [1.82, 2.24) is 4.90 Å². The predicted octanol–water partition coefficient (Wildman–Crippen LogP) is 2.04. The van der Waals surface area contributed by atoms with Crippen LogP contribution in [-0.4, -0.2) is 48.8 Å². The van der Waals surface area contributed by atoms with Gasteiger partial charge in [-0.25, -0.2) is 0 Å². The normalized spacial score (nSPS) is 22.0. The minimum atomic E-state index is -0.426. The maximum Gasteiger partial charge on any atom is 0.248 e. The number of likely N-dealkylation sites (tertiary alicyclic amines) is 1. The van der Waals surface area contributed by atoms with E-state index in [4.69, 9.17) is 10.5 Å². The van der Waals surface area contributed by atoms with Crippen LogP contribution in [0, 0.1) is 5.41 Å². The number of aliphatic hydroxyl groups is 1. The Bertz CT molecular complexity index is 497. The van der Waals surface area contributed by atoms with Gasteiger partial charge in [-0.05, 0) is 56.5 Å². The Morgan fingerprint density at radius 2 is 2.13 bits per heavy atom. The molecule has 0 radical (unpaired) electrons. The largest absolute Gasteiger partial charge is 0.494 e. The minimum absolute atomic E-state index is 0.0870. The lowest BCUT2D eigenvalue weighted by Gasteiger charge is -2.41. The fourth-order valence-electron chi connectivity index (χ4n) is 3.22. The molecule has 1 aliphatic heterocycles. The average Bonchev–Trinajstić information content (AvgIpc) is 2.59. The van der Waals surface area contributed by atoms with Crippen molar-refractivity contribution < 1.29 is 14.6 Å². The molecule has 0 saturated carbocycles. The van der Waals surface area contributed by atoms with Crippen molar-refractivity contribution >= 4 is 5.91 Å². The van der Waals surface area contributed by atoms with Crippen molar-refractivity contribution in [3.8, 4) is 5.75 Å². The summed E-state index contributed by atoms with van der Waals surface area (Å²) in [5, 5.41) is 9.66. The van der Waals surface area contributed by atoms with Crippen LogP contribution in [-0.2, 0) is 0 Å². The fourth-order valence-corrected chi connectivity index (χ4v) is 3.22. The number of aliphatic hydroxyl groups excluding tert-OH is 1. The van der Waals surface area contributed by atoms with Gasteiger partial charge in [-0.1, -0.05) is 6.92 Å². The fraction of sp³-hybridized carbons (Fsp3) is 0.611. The summed E-state index contributed by atoms with van der Waals surface area (Å²) in [6.45, 7) is 6.16. The quantitative estimate of drug-likeness (QED) is 0.719. The molecule has 0 aliphatic carbocycles. The molecular weight excluding hydrogens is 292 g/mol. The Morgan fingerprint density at radius 1 is 1.39 bits per heavy atom. The van der Waals surface area contributed by atoms with Crippen molar-refractivity contribution in [2.75, 3.05) is 32.8 Å². The van der Waals surface area contributed by atoms with E-state index in [-0.39, 0.29) is 12.0 Å². The van der Waals surface area contributed by atoms with Crippen molar-refractivity contribution in [1.29, 1.82) is 0 Å². The lowest BCUT2D eigenvalue weighted by Crippen LogP contribution is -2.45. The van der Waals surface area contributed by atoms with E-state index in [1.807, 2.05) is 0 Å². The summed E-state index contributed by atoms with van der Waals surface area (Å²) in [7, 11) is 0. The van der Waals surface area contributed by atoms with Gasteiger partial charge in [-0.15, -0.1) is 0 Å². The molecular formula is C18H28N2O3. The summed E-state index contributed by atoms with van der Waals surface area (Å²) < 4.78 is 5.71. The highest BCUT2D eigenvalue weighted by molar-refractivity contribution is 5.92. The van der Waals surface area contributed by atoms with E-state index < -0.39 is 5.91 Å². The molecule has 1 saturated heterocycles. The SMILES string of the molecule is CCC1(CO)CCCN(CCCOc2ccc(C(N)=O)cc2)C1. The Balaban J connectivity index is 1.71. The second-order valence-corrected chi connectivity index (χ2v) is 6.48. The predicted molar refractivity (Wildman–Crippen MR) is 90.6 cm³/mol. The van der Waals surface area contributed by atoms with Gasteiger partial charge < -0.3 is 20.5 Å². The molecule has 1 fully saturated rings.